The van der Waals surface area contributed by atoms with Crippen LogP contribution in [0.15, 0.2) is 60.7 Å². The van der Waals surface area contributed by atoms with E-state index >= 15 is 0 Å². The van der Waals surface area contributed by atoms with E-state index in [0.29, 0.717) is 30.2 Å². The van der Waals surface area contributed by atoms with E-state index in [0.717, 1.165) is 22.5 Å². The molecule has 0 bridgehead atoms. The number of benzene rings is 3. The number of amides is 2. The number of hydrogen-bond acceptors (Lipinski definition) is 4. The Labute approximate surface area is 174 Å². The number of hydrogen-bond donors (Lipinski definition) is 1. The highest BCUT2D eigenvalue weighted by Crippen LogP contribution is 2.47. The maximum absolute atomic E-state index is 13.8. The van der Waals surface area contributed by atoms with Crippen LogP contribution in [0.2, 0.25) is 0 Å². The second-order valence-corrected chi connectivity index (χ2v) is 7.50. The summed E-state index contributed by atoms with van der Waals surface area (Å²) in [4.78, 5) is 17.4. The number of phenols is 1. The third-order valence-corrected chi connectivity index (χ3v) is 5.85. The zero-order chi connectivity index (χ0) is 20.8. The van der Waals surface area contributed by atoms with E-state index in [-0.39, 0.29) is 17.8 Å². The minimum absolute atomic E-state index is 0.108. The Morgan fingerprint density at radius 3 is 2.33 bits per heavy atom. The van der Waals surface area contributed by atoms with Gasteiger partial charge in [0.1, 0.15) is 0 Å². The zero-order valence-electron chi connectivity index (χ0n) is 16.8. The van der Waals surface area contributed by atoms with Crippen LogP contribution in [0.5, 0.6) is 23.0 Å². The van der Waals surface area contributed by atoms with Crippen LogP contribution in [0.1, 0.15) is 24.1 Å². The molecule has 0 aromatic heterocycles. The first kappa shape index (κ1) is 18.4. The molecule has 2 amide bonds. The molecular formula is C24H22N2O4. The van der Waals surface area contributed by atoms with Gasteiger partial charge < -0.3 is 19.5 Å². The van der Waals surface area contributed by atoms with E-state index in [1.54, 1.807) is 11.0 Å². The molecule has 5 rings (SSSR count). The fourth-order valence-corrected chi connectivity index (χ4v) is 4.30. The monoisotopic (exact) mass is 402 g/mol. The number of para-hydroxylation sites is 4. The molecule has 0 aliphatic carbocycles. The number of aromatic hydroxyl groups is 1. The van der Waals surface area contributed by atoms with Gasteiger partial charge in [-0.2, -0.15) is 0 Å². The number of carbonyl (C=O) groups excluding carboxylic acids is 1. The standard InChI is InChI=1S/C24H22N2O4/c1-15-17-14-23(29-2)20(27)13-16(17)11-12-25(15)24(28)26-18-7-3-5-9-21(18)30-22-10-6-4-8-19(22)26/h3-10,13-15,27H,11-12H2,1-2H3. The van der Waals surface area contributed by atoms with Crippen molar-refractivity contribution in [1.29, 1.82) is 0 Å². The molecule has 2 aliphatic rings. The lowest BCUT2D eigenvalue weighted by molar-refractivity contribution is 0.183. The maximum Gasteiger partial charge on any atom is 0.329 e. The molecule has 1 atom stereocenters. The summed E-state index contributed by atoms with van der Waals surface area (Å²) in [6.07, 6.45) is 0.663. The Morgan fingerprint density at radius 2 is 1.70 bits per heavy atom. The molecule has 2 aliphatic heterocycles. The van der Waals surface area contributed by atoms with Gasteiger partial charge in [0, 0.05) is 6.54 Å². The number of ether oxygens (including phenoxy) is 2. The Bertz CT molecular complexity index is 1100. The number of urea groups is 1. The minimum atomic E-state index is -0.169. The van der Waals surface area contributed by atoms with Gasteiger partial charge in [-0.05, 0) is 60.9 Å². The van der Waals surface area contributed by atoms with Gasteiger partial charge in [0.25, 0.3) is 0 Å². The van der Waals surface area contributed by atoms with Gasteiger partial charge >= 0.3 is 6.03 Å². The Kier molecular flexibility index (Phi) is 4.28. The van der Waals surface area contributed by atoms with Crippen LogP contribution in [0, 0.1) is 0 Å². The van der Waals surface area contributed by atoms with Gasteiger partial charge in [-0.3, -0.25) is 4.90 Å². The van der Waals surface area contributed by atoms with Crippen LogP contribution in [0.25, 0.3) is 0 Å². The van der Waals surface area contributed by atoms with Crippen molar-refractivity contribution in [2.45, 2.75) is 19.4 Å². The van der Waals surface area contributed by atoms with E-state index in [9.17, 15) is 9.90 Å². The second kappa shape index (κ2) is 6.99. The van der Waals surface area contributed by atoms with Crippen molar-refractivity contribution in [3.8, 4) is 23.0 Å². The number of phenolic OH excluding ortho intramolecular Hbond substituents is 1. The van der Waals surface area contributed by atoms with E-state index in [1.807, 2.05) is 66.4 Å². The van der Waals surface area contributed by atoms with Crippen molar-refractivity contribution in [2.24, 2.45) is 0 Å². The zero-order valence-corrected chi connectivity index (χ0v) is 16.8. The molecule has 1 unspecified atom stereocenters. The van der Waals surface area contributed by atoms with Gasteiger partial charge in [0.2, 0.25) is 0 Å². The number of anilines is 2. The van der Waals surface area contributed by atoms with Crippen LogP contribution in [0.3, 0.4) is 0 Å². The molecule has 1 N–H and O–H groups in total. The number of fused-ring (bicyclic) bond motifs is 3. The molecule has 0 saturated carbocycles. The summed E-state index contributed by atoms with van der Waals surface area (Å²) in [5.41, 5.74) is 3.47. The number of carbonyl (C=O) groups is 1. The van der Waals surface area contributed by atoms with Gasteiger partial charge in [0.05, 0.1) is 24.5 Å². The summed E-state index contributed by atoms with van der Waals surface area (Å²) in [6.45, 7) is 2.56. The molecule has 6 heteroatoms. The van der Waals surface area contributed by atoms with Crippen LogP contribution < -0.4 is 14.4 Å². The second-order valence-electron chi connectivity index (χ2n) is 7.50. The molecule has 0 spiro atoms. The van der Waals surface area contributed by atoms with Crippen LogP contribution in [-0.4, -0.2) is 29.7 Å². The highest BCUT2D eigenvalue weighted by molar-refractivity contribution is 6.03. The Balaban J connectivity index is 1.56. The highest BCUT2D eigenvalue weighted by Gasteiger charge is 2.36. The van der Waals surface area contributed by atoms with Crippen molar-refractivity contribution in [2.75, 3.05) is 18.6 Å². The van der Waals surface area contributed by atoms with Crippen molar-refractivity contribution < 1.29 is 19.4 Å². The lowest BCUT2D eigenvalue weighted by atomic mass is 9.93. The third kappa shape index (κ3) is 2.76. The van der Waals surface area contributed by atoms with Crippen LogP contribution >= 0.6 is 0 Å². The Morgan fingerprint density at radius 1 is 1.07 bits per heavy atom. The predicted molar refractivity (Wildman–Crippen MR) is 114 cm³/mol. The average Bonchev–Trinajstić information content (AvgIpc) is 2.77. The topological polar surface area (TPSA) is 62.2 Å². The molecule has 2 heterocycles. The lowest BCUT2D eigenvalue weighted by Gasteiger charge is -2.40. The number of methoxy groups -OCH3 is 1. The average molecular weight is 402 g/mol. The first-order valence-electron chi connectivity index (χ1n) is 9.95. The maximum atomic E-state index is 13.8. The summed E-state index contributed by atoms with van der Waals surface area (Å²) in [6, 6.07) is 18.4. The fourth-order valence-electron chi connectivity index (χ4n) is 4.30. The molecule has 152 valence electrons. The van der Waals surface area contributed by atoms with Crippen LogP contribution in [-0.2, 0) is 6.42 Å². The molecular weight excluding hydrogens is 380 g/mol. The normalized spacial score (nSPS) is 16.8. The number of rotatable bonds is 1. The molecule has 3 aromatic rings. The van der Waals surface area contributed by atoms with Crippen molar-refractivity contribution in [3.05, 3.63) is 71.8 Å². The predicted octanol–water partition coefficient (Wildman–Crippen LogP) is 5.38. The summed E-state index contributed by atoms with van der Waals surface area (Å²) in [5.74, 6) is 1.85. The van der Waals surface area contributed by atoms with Gasteiger partial charge in [0.15, 0.2) is 23.0 Å². The van der Waals surface area contributed by atoms with Crippen LogP contribution in [0.4, 0.5) is 16.2 Å². The van der Waals surface area contributed by atoms with E-state index in [2.05, 4.69) is 0 Å². The number of nitrogens with zero attached hydrogens (tertiary/aromatic N) is 2. The fraction of sp³-hybridized carbons (Fsp3) is 0.208. The summed E-state index contributed by atoms with van der Waals surface area (Å²) < 4.78 is 11.3. The molecule has 0 saturated heterocycles. The summed E-state index contributed by atoms with van der Waals surface area (Å²) >= 11 is 0. The highest BCUT2D eigenvalue weighted by atomic mass is 16.5. The summed E-state index contributed by atoms with van der Waals surface area (Å²) in [7, 11) is 1.53. The van der Waals surface area contributed by atoms with Crippen molar-refractivity contribution in [3.63, 3.8) is 0 Å². The van der Waals surface area contributed by atoms with Gasteiger partial charge in [-0.15, -0.1) is 0 Å². The van der Waals surface area contributed by atoms with E-state index in [4.69, 9.17) is 9.47 Å². The minimum Gasteiger partial charge on any atom is -0.504 e. The lowest BCUT2D eigenvalue weighted by Crippen LogP contribution is -2.46. The first-order valence-corrected chi connectivity index (χ1v) is 9.95. The van der Waals surface area contributed by atoms with Crippen molar-refractivity contribution >= 4 is 17.4 Å². The summed E-state index contributed by atoms with van der Waals surface area (Å²) in [5, 5.41) is 10.1. The smallest absolute Gasteiger partial charge is 0.329 e. The van der Waals surface area contributed by atoms with Gasteiger partial charge in [-0.25, -0.2) is 4.79 Å². The van der Waals surface area contributed by atoms with E-state index in [1.165, 1.54) is 7.11 Å². The molecule has 30 heavy (non-hydrogen) atoms. The first-order chi connectivity index (χ1) is 14.6. The molecule has 0 fully saturated rings. The molecule has 6 nitrogen and oxygen atoms in total. The van der Waals surface area contributed by atoms with Gasteiger partial charge in [-0.1, -0.05) is 24.3 Å². The van der Waals surface area contributed by atoms with E-state index < -0.39 is 0 Å². The van der Waals surface area contributed by atoms with Crippen molar-refractivity contribution in [1.82, 2.24) is 4.90 Å². The quantitative estimate of drug-likeness (QED) is 0.593. The SMILES string of the molecule is COc1cc2c(cc1O)CCN(C(=O)N1c3ccccc3Oc3ccccc31)C2C. The Hall–Kier alpha value is -3.67. The third-order valence-electron chi connectivity index (χ3n) is 5.85. The largest absolute Gasteiger partial charge is 0.504 e. The molecule has 3 aromatic carbocycles. The molecule has 0 radical (unpaired) electrons.